The van der Waals surface area contributed by atoms with Crippen molar-refractivity contribution in [3.63, 3.8) is 0 Å². The normalized spacial score (nSPS) is 18.0. The largest absolute Gasteiger partial charge is 0.322 e. The zero-order chi connectivity index (χ0) is 15.8. The molecule has 0 bridgehead atoms. The van der Waals surface area contributed by atoms with Crippen molar-refractivity contribution in [1.82, 2.24) is 9.55 Å². The summed E-state index contributed by atoms with van der Waals surface area (Å²) in [7, 11) is 2.02. The van der Waals surface area contributed by atoms with Gasteiger partial charge in [-0.1, -0.05) is 48.2 Å². The van der Waals surface area contributed by atoms with Crippen molar-refractivity contribution in [3.05, 3.63) is 59.7 Å². The molecule has 0 saturated heterocycles. The van der Waals surface area contributed by atoms with Gasteiger partial charge in [-0.2, -0.15) is 0 Å². The lowest BCUT2D eigenvalue weighted by atomic mass is 10.0. The van der Waals surface area contributed by atoms with Crippen LogP contribution in [0.25, 0.3) is 11.0 Å². The third kappa shape index (κ3) is 2.57. The molecule has 116 valence electrons. The van der Waals surface area contributed by atoms with Crippen LogP contribution in [-0.4, -0.2) is 20.6 Å². The quantitative estimate of drug-likeness (QED) is 0.662. The van der Waals surface area contributed by atoms with Gasteiger partial charge in [-0.05, 0) is 37.0 Å². The van der Waals surface area contributed by atoms with Crippen molar-refractivity contribution in [2.24, 2.45) is 7.05 Å². The highest BCUT2D eigenvalue weighted by Crippen LogP contribution is 2.33. The van der Waals surface area contributed by atoms with Crippen molar-refractivity contribution >= 4 is 28.6 Å². The molecule has 0 amide bonds. The van der Waals surface area contributed by atoms with Crippen molar-refractivity contribution in [3.8, 4) is 0 Å². The third-order valence-corrected chi connectivity index (χ3v) is 5.79. The van der Waals surface area contributed by atoms with E-state index >= 15 is 0 Å². The maximum Gasteiger partial charge on any atom is 0.176 e. The summed E-state index contributed by atoms with van der Waals surface area (Å²) in [5.74, 6) is 0.246. The van der Waals surface area contributed by atoms with Gasteiger partial charge in [-0.15, -0.1) is 0 Å². The zero-order valence-corrected chi connectivity index (χ0v) is 13.8. The van der Waals surface area contributed by atoms with Crippen LogP contribution in [0.15, 0.2) is 53.7 Å². The molecule has 1 aliphatic rings. The number of thioether (sulfide) groups is 1. The maximum atomic E-state index is 12.9. The zero-order valence-electron chi connectivity index (χ0n) is 13.0. The minimum atomic E-state index is -0.0471. The molecule has 0 fully saturated rings. The molecule has 0 saturated carbocycles. The summed E-state index contributed by atoms with van der Waals surface area (Å²) in [6.45, 7) is 0. The van der Waals surface area contributed by atoms with Crippen LogP contribution in [0.5, 0.6) is 0 Å². The molecule has 0 spiro atoms. The van der Waals surface area contributed by atoms with Gasteiger partial charge in [0.05, 0.1) is 16.3 Å². The smallest absolute Gasteiger partial charge is 0.176 e. The number of carbonyl (C=O) groups is 1. The molecule has 23 heavy (non-hydrogen) atoms. The Labute approximate surface area is 139 Å². The summed E-state index contributed by atoms with van der Waals surface area (Å²) in [5.41, 5.74) is 4.17. The number of hydrogen-bond donors (Lipinski definition) is 0. The Bertz CT molecular complexity index is 884. The highest BCUT2D eigenvalue weighted by molar-refractivity contribution is 8.00. The first-order valence-electron chi connectivity index (χ1n) is 7.94. The fraction of sp³-hybridized carbons (Fsp3) is 0.263. The molecule has 0 radical (unpaired) electrons. The van der Waals surface area contributed by atoms with E-state index in [0.717, 1.165) is 41.0 Å². The van der Waals surface area contributed by atoms with E-state index in [-0.39, 0.29) is 11.0 Å². The Morgan fingerprint density at radius 1 is 1.13 bits per heavy atom. The van der Waals surface area contributed by atoms with Gasteiger partial charge >= 0.3 is 0 Å². The molecule has 4 rings (SSSR count). The number of nitrogens with zero attached hydrogens (tertiary/aromatic N) is 2. The van der Waals surface area contributed by atoms with E-state index in [9.17, 15) is 4.79 Å². The number of aryl methyl sites for hydroxylation is 2. The predicted octanol–water partition coefficient (Wildman–Crippen LogP) is 4.25. The molecule has 1 heterocycles. The van der Waals surface area contributed by atoms with Crippen LogP contribution in [0.1, 0.15) is 28.8 Å². The van der Waals surface area contributed by atoms with Crippen LogP contribution < -0.4 is 0 Å². The molecule has 1 aliphatic carbocycles. The second kappa shape index (κ2) is 5.85. The monoisotopic (exact) mass is 322 g/mol. The standard InChI is InChI=1S/C19H18N2OS/c1-21-16-11-5-4-10-15(16)20-19(21)23-17-12-6-8-13-7-2-3-9-14(13)18(17)22/h2-5,7,9-11,17H,6,8,12H2,1H3. The number of para-hydroxylation sites is 2. The predicted molar refractivity (Wildman–Crippen MR) is 94.1 cm³/mol. The number of aromatic nitrogens is 2. The van der Waals surface area contributed by atoms with E-state index in [4.69, 9.17) is 4.98 Å². The summed E-state index contributed by atoms with van der Waals surface area (Å²) in [5, 5.41) is 0.873. The number of Topliss-reactive ketones (excluding diaryl/α,β-unsaturated/α-hetero) is 1. The number of hydrogen-bond acceptors (Lipinski definition) is 3. The van der Waals surface area contributed by atoms with E-state index in [1.165, 1.54) is 5.56 Å². The Morgan fingerprint density at radius 2 is 1.91 bits per heavy atom. The molecule has 1 atom stereocenters. The number of imidazole rings is 1. The molecule has 0 N–H and O–H groups in total. The highest BCUT2D eigenvalue weighted by atomic mass is 32.2. The van der Waals surface area contributed by atoms with E-state index < -0.39 is 0 Å². The second-order valence-electron chi connectivity index (χ2n) is 5.96. The van der Waals surface area contributed by atoms with Crippen LogP contribution in [0.2, 0.25) is 0 Å². The first-order valence-corrected chi connectivity index (χ1v) is 8.82. The van der Waals surface area contributed by atoms with Crippen LogP contribution in [0.4, 0.5) is 0 Å². The lowest BCUT2D eigenvalue weighted by Gasteiger charge is -2.13. The lowest BCUT2D eigenvalue weighted by molar-refractivity contribution is 0.0988. The fourth-order valence-electron chi connectivity index (χ4n) is 3.23. The van der Waals surface area contributed by atoms with Gasteiger partial charge in [0.2, 0.25) is 0 Å². The molecular weight excluding hydrogens is 304 g/mol. The van der Waals surface area contributed by atoms with E-state index in [1.54, 1.807) is 11.8 Å². The Hall–Kier alpha value is -2.07. The molecule has 1 unspecified atom stereocenters. The number of benzene rings is 2. The Balaban J connectivity index is 1.68. The number of ketones is 1. The summed E-state index contributed by atoms with van der Waals surface area (Å²) in [4.78, 5) is 17.6. The van der Waals surface area contributed by atoms with Crippen LogP contribution >= 0.6 is 11.8 Å². The van der Waals surface area contributed by atoms with Gasteiger partial charge in [-0.3, -0.25) is 4.79 Å². The molecule has 3 nitrogen and oxygen atoms in total. The summed E-state index contributed by atoms with van der Waals surface area (Å²) < 4.78 is 2.09. The van der Waals surface area contributed by atoms with E-state index in [1.807, 2.05) is 43.4 Å². The van der Waals surface area contributed by atoms with Gasteiger partial charge in [0.25, 0.3) is 0 Å². The highest BCUT2D eigenvalue weighted by Gasteiger charge is 2.27. The number of carbonyl (C=O) groups excluding carboxylic acids is 1. The van der Waals surface area contributed by atoms with E-state index in [2.05, 4.69) is 16.7 Å². The van der Waals surface area contributed by atoms with Crippen molar-refractivity contribution < 1.29 is 4.79 Å². The summed E-state index contributed by atoms with van der Waals surface area (Å²) in [6.07, 6.45) is 2.94. The SMILES string of the molecule is Cn1c(SC2CCCc3ccccc3C2=O)nc2ccccc21. The molecule has 4 heteroatoms. The average Bonchev–Trinajstić information content (AvgIpc) is 2.80. The molecule has 3 aromatic rings. The Morgan fingerprint density at radius 3 is 2.78 bits per heavy atom. The molecule has 2 aromatic carbocycles. The number of rotatable bonds is 2. The van der Waals surface area contributed by atoms with Crippen LogP contribution in [0.3, 0.4) is 0 Å². The fourth-order valence-corrected chi connectivity index (χ4v) is 4.41. The van der Waals surface area contributed by atoms with Gasteiger partial charge in [0, 0.05) is 12.6 Å². The van der Waals surface area contributed by atoms with Crippen molar-refractivity contribution in [2.45, 2.75) is 29.7 Å². The molecule has 1 aromatic heterocycles. The van der Waals surface area contributed by atoms with Gasteiger partial charge in [0.15, 0.2) is 10.9 Å². The van der Waals surface area contributed by atoms with Gasteiger partial charge in [-0.25, -0.2) is 4.98 Å². The number of fused-ring (bicyclic) bond motifs is 2. The second-order valence-corrected chi connectivity index (χ2v) is 7.13. The topological polar surface area (TPSA) is 34.9 Å². The van der Waals surface area contributed by atoms with Crippen molar-refractivity contribution in [2.75, 3.05) is 0 Å². The lowest BCUT2D eigenvalue weighted by Crippen LogP contribution is -2.17. The summed E-state index contributed by atoms with van der Waals surface area (Å²) in [6, 6.07) is 16.1. The first-order chi connectivity index (χ1) is 11.2. The first kappa shape index (κ1) is 14.5. The van der Waals surface area contributed by atoms with E-state index in [0.29, 0.717) is 0 Å². The van der Waals surface area contributed by atoms with Gasteiger partial charge < -0.3 is 4.57 Å². The van der Waals surface area contributed by atoms with Crippen molar-refractivity contribution in [1.29, 1.82) is 0 Å². The minimum Gasteiger partial charge on any atom is -0.322 e. The molecule has 0 aliphatic heterocycles. The average molecular weight is 322 g/mol. The van der Waals surface area contributed by atoms with Crippen LogP contribution in [-0.2, 0) is 13.5 Å². The van der Waals surface area contributed by atoms with Gasteiger partial charge in [0.1, 0.15) is 0 Å². The minimum absolute atomic E-state index is 0.0471. The summed E-state index contributed by atoms with van der Waals surface area (Å²) >= 11 is 1.60. The Kier molecular flexibility index (Phi) is 3.69. The molecular formula is C19H18N2OS. The van der Waals surface area contributed by atoms with Crippen LogP contribution in [0, 0.1) is 0 Å². The maximum absolute atomic E-state index is 12.9. The third-order valence-electron chi connectivity index (χ3n) is 4.48.